The summed E-state index contributed by atoms with van der Waals surface area (Å²) >= 11 is 2.73. The molecule has 6 saturated carbocycles. The summed E-state index contributed by atoms with van der Waals surface area (Å²) in [5, 5.41) is 0. The first-order valence-corrected chi connectivity index (χ1v) is 12.7. The maximum atomic E-state index is 2.73. The van der Waals surface area contributed by atoms with E-state index >= 15 is 0 Å². The zero-order valence-corrected chi connectivity index (χ0v) is 17.9. The first kappa shape index (κ1) is 16.9. The van der Waals surface area contributed by atoms with E-state index in [-0.39, 0.29) is 0 Å². The Balaban J connectivity index is 1.34. The van der Waals surface area contributed by atoms with Crippen LogP contribution in [0.25, 0.3) is 0 Å². The molecular weight excluding hydrogens is 403 g/mol. The quantitative estimate of drug-likeness (QED) is 0.313. The summed E-state index contributed by atoms with van der Waals surface area (Å²) in [6.07, 6.45) is 20.7. The minimum Gasteiger partial charge on any atom is -0.0858 e. The lowest BCUT2D eigenvalue weighted by Crippen LogP contribution is -2.54. The van der Waals surface area contributed by atoms with Crippen LogP contribution in [0.2, 0.25) is 0 Å². The fourth-order valence-electron chi connectivity index (χ4n) is 8.82. The molecule has 3 atom stereocenters. The highest BCUT2D eigenvalue weighted by Crippen LogP contribution is 2.66. The molecule has 0 aromatic carbocycles. The van der Waals surface area contributed by atoms with Crippen molar-refractivity contribution in [3.63, 3.8) is 0 Å². The molecule has 1 heteroatoms. The number of halogens is 1. The van der Waals surface area contributed by atoms with E-state index in [0.29, 0.717) is 0 Å². The monoisotopic (exact) mass is 440 g/mol. The Bertz CT molecular complexity index is 458. The Morgan fingerprint density at radius 2 is 1.54 bits per heavy atom. The number of hydrogen-bond donors (Lipinski definition) is 0. The van der Waals surface area contributed by atoms with E-state index in [1.54, 1.807) is 70.6 Å². The van der Waals surface area contributed by atoms with Crippen LogP contribution < -0.4 is 0 Å². The Morgan fingerprint density at radius 3 is 2.21 bits per heavy atom. The lowest BCUT2D eigenvalue weighted by molar-refractivity contribution is -0.116. The Labute approximate surface area is 163 Å². The summed E-state index contributed by atoms with van der Waals surface area (Å²) in [5.74, 6) is 6.67. The van der Waals surface area contributed by atoms with E-state index in [9.17, 15) is 0 Å². The largest absolute Gasteiger partial charge is 0.0858 e. The highest BCUT2D eigenvalue weighted by molar-refractivity contribution is 14.1. The van der Waals surface area contributed by atoms with Crippen molar-refractivity contribution in [2.75, 3.05) is 4.43 Å². The molecule has 6 aliphatic carbocycles. The van der Waals surface area contributed by atoms with Crippen molar-refractivity contribution < 1.29 is 0 Å². The Hall–Kier alpha value is 0.730. The molecule has 0 heterocycles. The van der Waals surface area contributed by atoms with E-state index in [2.05, 4.69) is 29.5 Å². The number of rotatable bonds is 2. The van der Waals surface area contributed by atoms with Crippen molar-refractivity contribution in [3.05, 3.63) is 0 Å². The molecule has 3 unspecified atom stereocenters. The van der Waals surface area contributed by atoms with Gasteiger partial charge in [-0.15, -0.1) is 0 Å². The van der Waals surface area contributed by atoms with Crippen molar-refractivity contribution in [1.29, 1.82) is 0 Å². The molecule has 6 fully saturated rings. The van der Waals surface area contributed by atoms with Gasteiger partial charge in [-0.05, 0) is 104 Å². The van der Waals surface area contributed by atoms with Crippen molar-refractivity contribution in [2.45, 2.75) is 90.4 Å². The molecule has 0 N–H and O–H groups in total. The minimum absolute atomic E-state index is 0.792. The molecule has 0 amide bonds. The van der Waals surface area contributed by atoms with Gasteiger partial charge in [-0.3, -0.25) is 0 Å². The van der Waals surface area contributed by atoms with Crippen LogP contribution in [0.5, 0.6) is 0 Å². The molecule has 1 spiro atoms. The topological polar surface area (TPSA) is 0 Å². The summed E-state index contributed by atoms with van der Waals surface area (Å²) in [7, 11) is 0. The van der Waals surface area contributed by atoms with Gasteiger partial charge >= 0.3 is 0 Å². The maximum Gasteiger partial charge on any atom is 0.00523 e. The summed E-state index contributed by atoms with van der Waals surface area (Å²) in [4.78, 5) is 0. The fraction of sp³-hybridized carbons (Fsp3) is 1.00. The smallest absolute Gasteiger partial charge is 0.00523 e. The van der Waals surface area contributed by atoms with Crippen LogP contribution in [0.15, 0.2) is 0 Å². The normalized spacial score (nSPS) is 56.8. The predicted molar refractivity (Wildman–Crippen MR) is 110 cm³/mol. The van der Waals surface area contributed by atoms with Gasteiger partial charge in [0.05, 0.1) is 0 Å². The molecule has 0 aliphatic heterocycles. The summed E-state index contributed by atoms with van der Waals surface area (Å²) in [6.45, 7) is 2.49. The predicted octanol–water partition coefficient (Wildman–Crippen LogP) is 7.25. The van der Waals surface area contributed by atoms with Crippen LogP contribution in [-0.4, -0.2) is 4.43 Å². The average Bonchev–Trinajstić information content (AvgIpc) is 2.57. The first-order chi connectivity index (χ1) is 11.6. The second-order valence-electron chi connectivity index (χ2n) is 11.2. The van der Waals surface area contributed by atoms with E-state index in [1.165, 1.54) is 17.3 Å². The van der Waals surface area contributed by atoms with E-state index in [1.807, 2.05) is 0 Å². The van der Waals surface area contributed by atoms with Crippen molar-refractivity contribution in [2.24, 2.45) is 46.3 Å². The fourth-order valence-corrected chi connectivity index (χ4v) is 9.76. The average molecular weight is 440 g/mol. The van der Waals surface area contributed by atoms with Gasteiger partial charge < -0.3 is 0 Å². The standard InChI is InChI=1S/C23H37I/c1-16-4-7-22(8-5-16)6-2-3-18(12-22)21-19-9-17-10-20(21)14-23(11-17,13-19)15-24/h16-21H,2-15H2,1H3. The molecule has 0 aromatic heterocycles. The van der Waals surface area contributed by atoms with Gasteiger partial charge in [0.25, 0.3) is 0 Å². The lowest BCUT2D eigenvalue weighted by atomic mass is 9.43. The Morgan fingerprint density at radius 1 is 0.833 bits per heavy atom. The zero-order chi connectivity index (χ0) is 16.4. The van der Waals surface area contributed by atoms with Crippen LogP contribution in [0.3, 0.4) is 0 Å². The van der Waals surface area contributed by atoms with Gasteiger partial charge in [0.15, 0.2) is 0 Å². The minimum atomic E-state index is 0.792. The third-order valence-electron chi connectivity index (χ3n) is 9.61. The lowest BCUT2D eigenvalue weighted by Gasteiger charge is -2.62. The summed E-state index contributed by atoms with van der Waals surface area (Å²) in [6, 6.07) is 0. The molecule has 6 aliphatic rings. The highest BCUT2D eigenvalue weighted by atomic mass is 127. The highest BCUT2D eigenvalue weighted by Gasteiger charge is 2.57. The molecule has 4 bridgehead atoms. The van der Waals surface area contributed by atoms with Gasteiger partial charge in [0.2, 0.25) is 0 Å². The first-order valence-electron chi connectivity index (χ1n) is 11.2. The van der Waals surface area contributed by atoms with Crippen LogP contribution in [0.4, 0.5) is 0 Å². The van der Waals surface area contributed by atoms with E-state index in [0.717, 1.165) is 46.3 Å². The van der Waals surface area contributed by atoms with E-state index < -0.39 is 0 Å². The van der Waals surface area contributed by atoms with Gasteiger partial charge in [-0.2, -0.15) is 0 Å². The molecule has 0 nitrogen and oxygen atoms in total. The van der Waals surface area contributed by atoms with Crippen LogP contribution in [-0.2, 0) is 0 Å². The third-order valence-corrected chi connectivity index (χ3v) is 11.2. The van der Waals surface area contributed by atoms with Gasteiger partial charge in [0.1, 0.15) is 0 Å². The molecular formula is C23H37I. The van der Waals surface area contributed by atoms with Crippen molar-refractivity contribution in [3.8, 4) is 0 Å². The van der Waals surface area contributed by atoms with Crippen LogP contribution in [0.1, 0.15) is 90.4 Å². The Kier molecular flexibility index (Phi) is 4.31. The van der Waals surface area contributed by atoms with Crippen LogP contribution in [0, 0.1) is 46.3 Å². The van der Waals surface area contributed by atoms with Gasteiger partial charge in [-0.1, -0.05) is 55.2 Å². The van der Waals surface area contributed by atoms with Crippen molar-refractivity contribution in [1.82, 2.24) is 0 Å². The van der Waals surface area contributed by atoms with Gasteiger partial charge in [0, 0.05) is 4.43 Å². The van der Waals surface area contributed by atoms with E-state index in [4.69, 9.17) is 0 Å². The maximum absolute atomic E-state index is 2.73. The second kappa shape index (κ2) is 6.13. The molecule has 24 heavy (non-hydrogen) atoms. The van der Waals surface area contributed by atoms with Gasteiger partial charge in [-0.25, -0.2) is 0 Å². The number of alkyl halides is 1. The van der Waals surface area contributed by atoms with Crippen molar-refractivity contribution >= 4 is 22.6 Å². The molecule has 0 radical (unpaired) electrons. The van der Waals surface area contributed by atoms with Crippen LogP contribution >= 0.6 is 22.6 Å². The summed E-state index contributed by atoms with van der Waals surface area (Å²) in [5.41, 5.74) is 1.59. The zero-order valence-electron chi connectivity index (χ0n) is 15.7. The summed E-state index contributed by atoms with van der Waals surface area (Å²) < 4.78 is 1.45. The molecule has 0 saturated heterocycles. The SMILES string of the molecule is CC1CCC2(CCCC(C3C4CC5CC3CC(CI)(C5)C4)C2)CC1. The number of hydrogen-bond acceptors (Lipinski definition) is 0. The third kappa shape index (κ3) is 2.73. The molecule has 0 aromatic rings. The second-order valence-corrected chi connectivity index (χ2v) is 12.0. The molecule has 136 valence electrons. The molecule has 6 rings (SSSR count).